The molecule has 1 aromatic rings. The molecule has 2 rings (SSSR count). The van der Waals surface area contributed by atoms with Gasteiger partial charge in [0, 0.05) is 19.0 Å². The lowest BCUT2D eigenvalue weighted by Gasteiger charge is -2.37. The molecular formula is C13H16FNO. The van der Waals surface area contributed by atoms with Crippen molar-refractivity contribution >= 4 is 5.91 Å². The molecule has 1 fully saturated rings. The van der Waals surface area contributed by atoms with Crippen LogP contribution in [0.25, 0.3) is 0 Å². The van der Waals surface area contributed by atoms with Gasteiger partial charge in [0.2, 0.25) is 5.91 Å². The summed E-state index contributed by atoms with van der Waals surface area (Å²) in [5.74, 6) is 0.176. The summed E-state index contributed by atoms with van der Waals surface area (Å²) >= 11 is 0. The summed E-state index contributed by atoms with van der Waals surface area (Å²) in [5, 5.41) is 0. The Morgan fingerprint density at radius 2 is 2.00 bits per heavy atom. The fourth-order valence-electron chi connectivity index (χ4n) is 1.86. The van der Waals surface area contributed by atoms with Crippen LogP contribution in [0, 0.1) is 12.8 Å². The molecule has 0 unspecified atom stereocenters. The Balaban J connectivity index is 1.86. The first kappa shape index (κ1) is 11.1. The van der Waals surface area contributed by atoms with Crippen molar-refractivity contribution < 1.29 is 9.18 Å². The maximum atomic E-state index is 12.2. The Bertz CT molecular complexity index is 368. The van der Waals surface area contributed by atoms with E-state index in [1.807, 2.05) is 31.2 Å². The van der Waals surface area contributed by atoms with Crippen LogP contribution in [0.15, 0.2) is 24.3 Å². The molecule has 0 atom stereocenters. The van der Waals surface area contributed by atoms with Gasteiger partial charge in [0.1, 0.15) is 0 Å². The topological polar surface area (TPSA) is 20.3 Å². The van der Waals surface area contributed by atoms with E-state index in [0.29, 0.717) is 19.5 Å². The summed E-state index contributed by atoms with van der Waals surface area (Å²) in [6, 6.07) is 7.95. The number of likely N-dealkylation sites (tertiary alicyclic amines) is 1. The molecule has 1 aromatic carbocycles. The van der Waals surface area contributed by atoms with Gasteiger partial charge in [0.15, 0.2) is 0 Å². The summed E-state index contributed by atoms with van der Waals surface area (Å²) in [5.41, 5.74) is 2.22. The summed E-state index contributed by atoms with van der Waals surface area (Å²) in [7, 11) is 0. The number of rotatable bonds is 3. The number of carbonyl (C=O) groups is 1. The molecule has 0 saturated carbocycles. The zero-order valence-electron chi connectivity index (χ0n) is 9.45. The maximum absolute atomic E-state index is 12.2. The highest BCUT2D eigenvalue weighted by molar-refractivity contribution is 5.79. The number of aryl methyl sites for hydroxylation is 1. The molecule has 0 aliphatic carbocycles. The number of halogens is 1. The molecule has 86 valence electrons. The maximum Gasteiger partial charge on any atom is 0.227 e. The van der Waals surface area contributed by atoms with Crippen LogP contribution in [0.2, 0.25) is 0 Å². The molecule has 2 nitrogen and oxygen atoms in total. The monoisotopic (exact) mass is 221 g/mol. The van der Waals surface area contributed by atoms with Crippen LogP contribution in [0.1, 0.15) is 11.1 Å². The lowest BCUT2D eigenvalue weighted by molar-refractivity contribution is -0.137. The fraction of sp³-hybridized carbons (Fsp3) is 0.462. The predicted octanol–water partition coefficient (Wildman–Crippen LogP) is 1.97. The van der Waals surface area contributed by atoms with Crippen molar-refractivity contribution in [2.24, 2.45) is 5.92 Å². The van der Waals surface area contributed by atoms with E-state index < -0.39 is 0 Å². The quantitative estimate of drug-likeness (QED) is 0.764. The smallest absolute Gasteiger partial charge is 0.227 e. The highest BCUT2D eigenvalue weighted by Gasteiger charge is 2.29. The number of amides is 1. The average Bonchev–Trinajstić information content (AvgIpc) is 2.20. The van der Waals surface area contributed by atoms with E-state index in [0.717, 1.165) is 5.56 Å². The second kappa shape index (κ2) is 4.64. The average molecular weight is 221 g/mol. The Hall–Kier alpha value is -1.38. The van der Waals surface area contributed by atoms with Crippen LogP contribution >= 0.6 is 0 Å². The minimum Gasteiger partial charge on any atom is -0.342 e. The van der Waals surface area contributed by atoms with E-state index in [1.165, 1.54) is 5.56 Å². The Morgan fingerprint density at radius 3 is 2.56 bits per heavy atom. The largest absolute Gasteiger partial charge is 0.342 e. The molecule has 16 heavy (non-hydrogen) atoms. The highest BCUT2D eigenvalue weighted by atomic mass is 19.1. The van der Waals surface area contributed by atoms with Gasteiger partial charge in [-0.25, -0.2) is 0 Å². The Kier molecular flexibility index (Phi) is 3.22. The number of hydrogen-bond acceptors (Lipinski definition) is 1. The van der Waals surface area contributed by atoms with E-state index in [1.54, 1.807) is 4.90 Å². The first-order valence-electron chi connectivity index (χ1n) is 5.58. The predicted molar refractivity (Wildman–Crippen MR) is 60.9 cm³/mol. The SMILES string of the molecule is Cc1ccc(CC(=O)N2CC(CF)C2)cc1. The highest BCUT2D eigenvalue weighted by Crippen LogP contribution is 2.17. The van der Waals surface area contributed by atoms with Crippen LogP contribution in [0.3, 0.4) is 0 Å². The number of benzene rings is 1. The van der Waals surface area contributed by atoms with Crippen molar-refractivity contribution in [2.75, 3.05) is 19.8 Å². The van der Waals surface area contributed by atoms with E-state index >= 15 is 0 Å². The first-order chi connectivity index (χ1) is 7.69. The molecule has 1 saturated heterocycles. The molecule has 1 amide bonds. The molecular weight excluding hydrogens is 205 g/mol. The van der Waals surface area contributed by atoms with Crippen LogP contribution < -0.4 is 0 Å². The summed E-state index contributed by atoms with van der Waals surface area (Å²) in [6.07, 6.45) is 0.430. The minimum absolute atomic E-state index is 0.0713. The zero-order valence-corrected chi connectivity index (χ0v) is 9.45. The summed E-state index contributed by atoms with van der Waals surface area (Å²) < 4.78 is 12.2. The first-order valence-corrected chi connectivity index (χ1v) is 5.58. The van der Waals surface area contributed by atoms with E-state index in [9.17, 15) is 9.18 Å². The molecule has 3 heteroatoms. The second-order valence-electron chi connectivity index (χ2n) is 4.48. The van der Waals surface area contributed by atoms with Gasteiger partial charge in [-0.15, -0.1) is 0 Å². The molecule has 0 radical (unpaired) electrons. The number of nitrogens with zero attached hydrogens (tertiary/aromatic N) is 1. The van der Waals surface area contributed by atoms with Crippen LogP contribution in [-0.4, -0.2) is 30.6 Å². The fourth-order valence-corrected chi connectivity index (χ4v) is 1.86. The van der Waals surface area contributed by atoms with E-state index in [-0.39, 0.29) is 18.5 Å². The van der Waals surface area contributed by atoms with Gasteiger partial charge in [-0.3, -0.25) is 9.18 Å². The van der Waals surface area contributed by atoms with Gasteiger partial charge in [-0.1, -0.05) is 29.8 Å². The third-order valence-corrected chi connectivity index (χ3v) is 3.00. The van der Waals surface area contributed by atoms with E-state index in [2.05, 4.69) is 0 Å². The van der Waals surface area contributed by atoms with E-state index in [4.69, 9.17) is 0 Å². The lowest BCUT2D eigenvalue weighted by Crippen LogP contribution is -2.51. The van der Waals surface area contributed by atoms with Gasteiger partial charge in [-0.2, -0.15) is 0 Å². The van der Waals surface area contributed by atoms with Gasteiger partial charge in [0.05, 0.1) is 13.1 Å². The van der Waals surface area contributed by atoms with Crippen LogP contribution in [-0.2, 0) is 11.2 Å². The molecule has 1 aliphatic heterocycles. The second-order valence-corrected chi connectivity index (χ2v) is 4.48. The third-order valence-electron chi connectivity index (χ3n) is 3.00. The van der Waals surface area contributed by atoms with Crippen molar-refractivity contribution in [1.29, 1.82) is 0 Å². The summed E-state index contributed by atoms with van der Waals surface area (Å²) in [4.78, 5) is 13.5. The molecule has 0 aromatic heterocycles. The molecule has 1 heterocycles. The van der Waals surface area contributed by atoms with Gasteiger partial charge >= 0.3 is 0 Å². The molecule has 0 N–H and O–H groups in total. The van der Waals surface area contributed by atoms with Gasteiger partial charge in [0.25, 0.3) is 0 Å². The van der Waals surface area contributed by atoms with Gasteiger partial charge in [-0.05, 0) is 12.5 Å². The number of alkyl halides is 1. The van der Waals surface area contributed by atoms with Crippen molar-refractivity contribution in [1.82, 2.24) is 4.90 Å². The summed E-state index contributed by atoms with van der Waals surface area (Å²) in [6.45, 7) is 2.88. The van der Waals surface area contributed by atoms with Crippen LogP contribution in [0.5, 0.6) is 0 Å². The van der Waals surface area contributed by atoms with Crippen LogP contribution in [0.4, 0.5) is 4.39 Å². The third kappa shape index (κ3) is 2.40. The normalized spacial score (nSPS) is 16.0. The van der Waals surface area contributed by atoms with Crippen molar-refractivity contribution in [2.45, 2.75) is 13.3 Å². The number of hydrogen-bond donors (Lipinski definition) is 0. The van der Waals surface area contributed by atoms with Gasteiger partial charge < -0.3 is 4.90 Å². The molecule has 0 bridgehead atoms. The zero-order chi connectivity index (χ0) is 11.5. The minimum atomic E-state index is -0.311. The van der Waals surface area contributed by atoms with Crippen molar-refractivity contribution in [3.05, 3.63) is 35.4 Å². The lowest BCUT2D eigenvalue weighted by atomic mass is 10.0. The molecule has 1 aliphatic rings. The Morgan fingerprint density at radius 1 is 1.38 bits per heavy atom. The number of carbonyl (C=O) groups excluding carboxylic acids is 1. The Labute approximate surface area is 95.1 Å². The standard InChI is InChI=1S/C13H16FNO/c1-10-2-4-11(5-3-10)6-13(16)15-8-12(7-14)9-15/h2-5,12H,6-9H2,1H3. The van der Waals surface area contributed by atoms with Crippen molar-refractivity contribution in [3.63, 3.8) is 0 Å². The van der Waals surface area contributed by atoms with Crippen molar-refractivity contribution in [3.8, 4) is 0 Å². The molecule has 0 spiro atoms.